The highest BCUT2D eigenvalue weighted by molar-refractivity contribution is 6.32. The van der Waals surface area contributed by atoms with Crippen LogP contribution in [-0.2, 0) is 16.1 Å². The monoisotopic (exact) mass is 464 g/mol. The molecule has 2 aromatic carbocycles. The van der Waals surface area contributed by atoms with Crippen molar-refractivity contribution < 1.29 is 14.3 Å². The average molecular weight is 465 g/mol. The molecule has 0 spiro atoms. The smallest absolute Gasteiger partial charge is 0.261 e. The Balaban J connectivity index is 2.18. The van der Waals surface area contributed by atoms with Crippen LogP contribution >= 0.6 is 23.2 Å². The number of aryl methyl sites for hydroxylation is 2. The molecule has 0 saturated heterocycles. The fraction of sp³-hybridized carbons (Fsp3) is 0.417. The lowest BCUT2D eigenvalue weighted by molar-refractivity contribution is -0.142. The predicted molar refractivity (Wildman–Crippen MR) is 126 cm³/mol. The Bertz CT molecular complexity index is 893. The normalized spacial score (nSPS) is 12.7. The van der Waals surface area contributed by atoms with Gasteiger partial charge in [0.1, 0.15) is 11.8 Å². The summed E-state index contributed by atoms with van der Waals surface area (Å²) >= 11 is 12.2. The Morgan fingerprint density at radius 1 is 1.06 bits per heavy atom. The van der Waals surface area contributed by atoms with E-state index < -0.39 is 6.04 Å². The second-order valence-electron chi connectivity index (χ2n) is 7.80. The third-order valence-corrected chi connectivity index (χ3v) is 6.05. The van der Waals surface area contributed by atoms with Gasteiger partial charge >= 0.3 is 0 Å². The number of carbonyl (C=O) groups excluding carboxylic acids is 2. The molecular formula is C24H30Cl2N2O3. The van der Waals surface area contributed by atoms with Crippen LogP contribution < -0.4 is 10.1 Å². The Hall–Kier alpha value is -2.24. The fourth-order valence-electron chi connectivity index (χ4n) is 3.05. The summed E-state index contributed by atoms with van der Waals surface area (Å²) in [5, 5.41) is 4.24. The van der Waals surface area contributed by atoms with Crippen molar-refractivity contribution >= 4 is 35.0 Å². The molecule has 1 N–H and O–H groups in total. The number of halogens is 2. The van der Waals surface area contributed by atoms with Crippen LogP contribution in [0.4, 0.5) is 0 Å². The minimum absolute atomic E-state index is 0.0266. The molecular weight excluding hydrogens is 435 g/mol. The Labute approximate surface area is 194 Å². The van der Waals surface area contributed by atoms with Gasteiger partial charge in [0, 0.05) is 22.6 Å². The second kappa shape index (κ2) is 11.4. The van der Waals surface area contributed by atoms with Crippen LogP contribution in [0.25, 0.3) is 0 Å². The second-order valence-corrected chi connectivity index (χ2v) is 8.62. The molecule has 0 fully saturated rings. The van der Waals surface area contributed by atoms with Crippen LogP contribution in [0.15, 0.2) is 36.4 Å². The van der Waals surface area contributed by atoms with E-state index in [2.05, 4.69) is 5.32 Å². The van der Waals surface area contributed by atoms with Gasteiger partial charge in [0.15, 0.2) is 6.61 Å². The van der Waals surface area contributed by atoms with Gasteiger partial charge in [-0.25, -0.2) is 0 Å². The van der Waals surface area contributed by atoms with E-state index in [0.29, 0.717) is 15.8 Å². The van der Waals surface area contributed by atoms with Crippen LogP contribution in [0, 0.1) is 13.8 Å². The Kier molecular flexibility index (Phi) is 9.20. The topological polar surface area (TPSA) is 58.6 Å². The van der Waals surface area contributed by atoms with Crippen molar-refractivity contribution in [2.75, 3.05) is 6.61 Å². The number of nitrogens with zero attached hydrogens (tertiary/aromatic N) is 1. The van der Waals surface area contributed by atoms with Gasteiger partial charge in [-0.05, 0) is 75.1 Å². The third kappa shape index (κ3) is 7.15. The lowest BCUT2D eigenvalue weighted by atomic mass is 10.1. The summed E-state index contributed by atoms with van der Waals surface area (Å²) in [5.74, 6) is 0.0813. The van der Waals surface area contributed by atoms with Gasteiger partial charge in [-0.1, -0.05) is 42.3 Å². The van der Waals surface area contributed by atoms with Crippen molar-refractivity contribution in [3.05, 3.63) is 63.1 Å². The highest BCUT2D eigenvalue weighted by Crippen LogP contribution is 2.26. The molecule has 0 saturated carbocycles. The number of nitrogens with one attached hydrogen (secondary N) is 1. The Morgan fingerprint density at radius 2 is 1.65 bits per heavy atom. The van der Waals surface area contributed by atoms with Gasteiger partial charge in [-0.15, -0.1) is 0 Å². The molecule has 0 heterocycles. The maximum absolute atomic E-state index is 13.1. The van der Waals surface area contributed by atoms with Gasteiger partial charge < -0.3 is 15.0 Å². The molecule has 0 radical (unpaired) electrons. The van der Waals surface area contributed by atoms with E-state index in [9.17, 15) is 9.59 Å². The molecule has 5 nitrogen and oxygen atoms in total. The molecule has 31 heavy (non-hydrogen) atoms. The first-order valence-corrected chi connectivity index (χ1v) is 11.1. The first kappa shape index (κ1) is 25.0. The molecule has 168 valence electrons. The summed E-state index contributed by atoms with van der Waals surface area (Å²) in [6.45, 7) is 9.51. The van der Waals surface area contributed by atoms with E-state index in [-0.39, 0.29) is 31.0 Å². The van der Waals surface area contributed by atoms with Crippen molar-refractivity contribution in [2.24, 2.45) is 0 Å². The maximum atomic E-state index is 13.1. The number of rotatable bonds is 9. The quantitative estimate of drug-likeness (QED) is 0.545. The molecule has 7 heteroatoms. The van der Waals surface area contributed by atoms with Gasteiger partial charge in [0.2, 0.25) is 5.91 Å². The standard InChI is InChI=1S/C24H30Cl2N2O3/c1-6-17(4)27-24(30)18(5)28(13-19-7-9-20(25)10-8-19)22(29)14-31-21-11-15(2)23(26)16(3)12-21/h7-12,17-18H,6,13-14H2,1-5H3,(H,27,30). The van der Waals surface area contributed by atoms with E-state index in [4.69, 9.17) is 27.9 Å². The molecule has 2 amide bonds. The van der Waals surface area contributed by atoms with Crippen molar-refractivity contribution in [1.82, 2.24) is 10.2 Å². The van der Waals surface area contributed by atoms with Crippen molar-refractivity contribution in [1.29, 1.82) is 0 Å². The van der Waals surface area contributed by atoms with Gasteiger partial charge in [-0.2, -0.15) is 0 Å². The van der Waals surface area contributed by atoms with Crippen LogP contribution in [0.1, 0.15) is 43.9 Å². The predicted octanol–water partition coefficient (Wildman–Crippen LogP) is 5.32. The van der Waals surface area contributed by atoms with Gasteiger partial charge in [0.25, 0.3) is 5.91 Å². The lowest BCUT2D eigenvalue weighted by Gasteiger charge is -2.29. The molecule has 0 aliphatic heterocycles. The molecule has 0 aliphatic carbocycles. The largest absolute Gasteiger partial charge is 0.484 e. The molecule has 2 aromatic rings. The number of amides is 2. The van der Waals surface area contributed by atoms with Crippen LogP contribution in [0.3, 0.4) is 0 Å². The van der Waals surface area contributed by atoms with Gasteiger partial charge in [0.05, 0.1) is 0 Å². The zero-order valence-electron chi connectivity index (χ0n) is 18.7. The van der Waals surface area contributed by atoms with Crippen LogP contribution in [-0.4, -0.2) is 35.4 Å². The minimum Gasteiger partial charge on any atom is -0.484 e. The van der Waals surface area contributed by atoms with E-state index in [1.807, 2.05) is 39.8 Å². The average Bonchev–Trinajstić information content (AvgIpc) is 2.74. The molecule has 0 aromatic heterocycles. The summed E-state index contributed by atoms with van der Waals surface area (Å²) in [4.78, 5) is 27.3. The summed E-state index contributed by atoms with van der Waals surface area (Å²) < 4.78 is 5.75. The molecule has 0 bridgehead atoms. The molecule has 2 unspecified atom stereocenters. The third-order valence-electron chi connectivity index (χ3n) is 5.21. The summed E-state index contributed by atoms with van der Waals surface area (Å²) in [7, 11) is 0. The lowest BCUT2D eigenvalue weighted by Crippen LogP contribution is -2.50. The van der Waals surface area contributed by atoms with Crippen LogP contribution in [0.5, 0.6) is 5.75 Å². The van der Waals surface area contributed by atoms with Gasteiger partial charge in [-0.3, -0.25) is 9.59 Å². The number of benzene rings is 2. The van der Waals surface area contributed by atoms with E-state index in [1.54, 1.807) is 31.2 Å². The number of ether oxygens (including phenoxy) is 1. The first-order valence-electron chi connectivity index (χ1n) is 10.4. The van der Waals surface area contributed by atoms with Crippen molar-refractivity contribution in [2.45, 2.75) is 59.7 Å². The summed E-state index contributed by atoms with van der Waals surface area (Å²) in [6.07, 6.45) is 0.808. The highest BCUT2D eigenvalue weighted by Gasteiger charge is 2.27. The fourth-order valence-corrected chi connectivity index (χ4v) is 3.29. The minimum atomic E-state index is -0.658. The molecule has 2 atom stereocenters. The van der Waals surface area contributed by atoms with E-state index in [0.717, 1.165) is 23.1 Å². The van der Waals surface area contributed by atoms with E-state index >= 15 is 0 Å². The summed E-state index contributed by atoms with van der Waals surface area (Å²) in [5.41, 5.74) is 2.63. The number of hydrogen-bond acceptors (Lipinski definition) is 3. The molecule has 2 rings (SSSR count). The number of hydrogen-bond donors (Lipinski definition) is 1. The van der Waals surface area contributed by atoms with Crippen molar-refractivity contribution in [3.63, 3.8) is 0 Å². The SMILES string of the molecule is CCC(C)NC(=O)C(C)N(Cc1ccc(Cl)cc1)C(=O)COc1cc(C)c(Cl)c(C)c1. The Morgan fingerprint density at radius 3 is 2.19 bits per heavy atom. The number of carbonyl (C=O) groups is 2. The molecule has 0 aliphatic rings. The zero-order valence-corrected chi connectivity index (χ0v) is 20.2. The van der Waals surface area contributed by atoms with Crippen molar-refractivity contribution in [3.8, 4) is 5.75 Å². The van der Waals surface area contributed by atoms with E-state index in [1.165, 1.54) is 4.90 Å². The summed E-state index contributed by atoms with van der Waals surface area (Å²) in [6, 6.07) is 10.2. The van der Waals surface area contributed by atoms with Crippen LogP contribution in [0.2, 0.25) is 10.0 Å². The highest BCUT2D eigenvalue weighted by atomic mass is 35.5. The zero-order chi connectivity index (χ0) is 23.1. The maximum Gasteiger partial charge on any atom is 0.261 e. The first-order chi connectivity index (χ1) is 14.6.